The topological polar surface area (TPSA) is 97.4 Å². The molecule has 2 N–H and O–H groups in total. The molecule has 0 fully saturated rings. The summed E-state index contributed by atoms with van der Waals surface area (Å²) in [6.07, 6.45) is 2.22. The number of rotatable bonds is 3. The minimum atomic E-state index is -1.14. The molecule has 24 heavy (non-hydrogen) atoms. The van der Waals surface area contributed by atoms with E-state index in [0.29, 0.717) is 27.9 Å². The summed E-state index contributed by atoms with van der Waals surface area (Å²) < 4.78 is 7.56. The molecule has 0 saturated carbocycles. The van der Waals surface area contributed by atoms with Crippen LogP contribution in [0.2, 0.25) is 0 Å². The highest BCUT2D eigenvalue weighted by Gasteiger charge is 2.17. The quantitative estimate of drug-likeness (QED) is 0.771. The fourth-order valence-corrected chi connectivity index (χ4v) is 2.71. The van der Waals surface area contributed by atoms with Gasteiger partial charge < -0.3 is 14.8 Å². The first-order valence-corrected chi connectivity index (χ1v) is 7.42. The van der Waals surface area contributed by atoms with Gasteiger partial charge in [0.2, 0.25) is 0 Å². The zero-order valence-electron chi connectivity index (χ0n) is 13.5. The second-order valence-corrected chi connectivity index (χ2v) is 5.78. The fourth-order valence-electron chi connectivity index (χ4n) is 2.71. The van der Waals surface area contributed by atoms with Crippen LogP contribution in [0.1, 0.15) is 24.1 Å². The normalized spacial score (nSPS) is 12.3. The largest absolute Gasteiger partial charge is 0.465 e. The van der Waals surface area contributed by atoms with Gasteiger partial charge in [-0.05, 0) is 25.5 Å². The third-order valence-electron chi connectivity index (χ3n) is 3.80. The second kappa shape index (κ2) is 5.84. The lowest BCUT2D eigenvalue weighted by Gasteiger charge is -2.15. The van der Waals surface area contributed by atoms with Crippen molar-refractivity contribution in [1.82, 2.24) is 15.1 Å². The molecular weight excluding hydrogens is 310 g/mol. The number of aromatic nitrogens is 2. The Morgan fingerprint density at radius 3 is 2.75 bits per heavy atom. The average molecular weight is 327 g/mol. The fraction of sp³-hybridized carbons (Fsp3) is 0.235. The molecule has 0 radical (unpaired) electrons. The van der Waals surface area contributed by atoms with Crippen molar-refractivity contribution in [1.29, 1.82) is 0 Å². The van der Waals surface area contributed by atoms with Crippen LogP contribution in [0, 0.1) is 6.92 Å². The molecule has 1 aromatic carbocycles. The van der Waals surface area contributed by atoms with Gasteiger partial charge in [0.05, 0.1) is 23.2 Å². The molecule has 0 spiro atoms. The maximum Gasteiger partial charge on any atom is 0.405 e. The Bertz CT molecular complexity index is 987. The number of amides is 1. The van der Waals surface area contributed by atoms with Gasteiger partial charge in [-0.1, -0.05) is 6.07 Å². The van der Waals surface area contributed by atoms with Crippen molar-refractivity contribution in [2.45, 2.75) is 19.9 Å². The Balaban J connectivity index is 2.25. The highest BCUT2D eigenvalue weighted by molar-refractivity contribution is 5.83. The smallest absolute Gasteiger partial charge is 0.405 e. The number of carbonyl (C=O) groups is 1. The summed E-state index contributed by atoms with van der Waals surface area (Å²) in [5, 5.41) is 15.9. The van der Waals surface area contributed by atoms with Crippen LogP contribution in [0.3, 0.4) is 0 Å². The minimum Gasteiger partial charge on any atom is -0.465 e. The third-order valence-corrected chi connectivity index (χ3v) is 3.80. The second-order valence-electron chi connectivity index (χ2n) is 5.78. The van der Waals surface area contributed by atoms with Crippen molar-refractivity contribution in [2.75, 3.05) is 0 Å². The minimum absolute atomic E-state index is 0.178. The van der Waals surface area contributed by atoms with Crippen LogP contribution in [-0.2, 0) is 7.05 Å². The number of hydrogen-bond acceptors (Lipinski definition) is 4. The predicted octanol–water partition coefficient (Wildman–Crippen LogP) is 2.83. The lowest BCUT2D eigenvalue weighted by molar-refractivity contribution is 0.191. The molecule has 0 aliphatic heterocycles. The van der Waals surface area contributed by atoms with Gasteiger partial charge in [0, 0.05) is 24.9 Å². The molecule has 2 aromatic heterocycles. The summed E-state index contributed by atoms with van der Waals surface area (Å²) in [7, 11) is 1.77. The number of hydrogen-bond donors (Lipinski definition) is 2. The Morgan fingerprint density at radius 1 is 1.38 bits per heavy atom. The summed E-state index contributed by atoms with van der Waals surface area (Å²) >= 11 is 0. The molecule has 0 aliphatic rings. The van der Waals surface area contributed by atoms with E-state index in [1.165, 1.54) is 6.07 Å². The zero-order chi connectivity index (χ0) is 17.4. The summed E-state index contributed by atoms with van der Waals surface area (Å²) in [5.41, 5.74) is 2.37. The Morgan fingerprint density at radius 2 is 2.12 bits per heavy atom. The Kier molecular flexibility index (Phi) is 3.84. The van der Waals surface area contributed by atoms with Gasteiger partial charge in [-0.15, -0.1) is 0 Å². The van der Waals surface area contributed by atoms with Gasteiger partial charge in [0.25, 0.3) is 0 Å². The van der Waals surface area contributed by atoms with Crippen LogP contribution >= 0.6 is 0 Å². The van der Waals surface area contributed by atoms with Gasteiger partial charge in [0.1, 0.15) is 11.3 Å². The number of nitrogens with zero attached hydrogens (tertiary/aromatic N) is 2. The number of aryl methyl sites for hydroxylation is 2. The van der Waals surface area contributed by atoms with Crippen LogP contribution in [0.4, 0.5) is 4.79 Å². The average Bonchev–Trinajstić information content (AvgIpc) is 2.93. The summed E-state index contributed by atoms with van der Waals surface area (Å²) in [4.78, 5) is 23.5. The van der Waals surface area contributed by atoms with Gasteiger partial charge in [-0.2, -0.15) is 5.10 Å². The SMILES string of the molecule is Cc1cc([C@@H](C)NC(=O)O)c2oc(-c3cnn(C)c3)cc(=O)c2c1. The van der Waals surface area contributed by atoms with Gasteiger partial charge >= 0.3 is 6.09 Å². The predicted molar refractivity (Wildman–Crippen MR) is 89.0 cm³/mol. The van der Waals surface area contributed by atoms with Crippen molar-refractivity contribution in [3.05, 3.63) is 51.9 Å². The van der Waals surface area contributed by atoms with Crippen molar-refractivity contribution >= 4 is 17.1 Å². The number of benzene rings is 1. The van der Waals surface area contributed by atoms with E-state index in [1.54, 1.807) is 37.1 Å². The van der Waals surface area contributed by atoms with E-state index in [1.807, 2.05) is 13.0 Å². The number of carboxylic acid groups (broad SMARTS) is 1. The number of fused-ring (bicyclic) bond motifs is 1. The van der Waals surface area contributed by atoms with Crippen molar-refractivity contribution in [2.24, 2.45) is 7.05 Å². The van der Waals surface area contributed by atoms with E-state index >= 15 is 0 Å². The van der Waals surface area contributed by atoms with E-state index in [4.69, 9.17) is 9.52 Å². The highest BCUT2D eigenvalue weighted by Crippen LogP contribution is 2.28. The van der Waals surface area contributed by atoms with E-state index in [-0.39, 0.29) is 5.43 Å². The molecule has 0 aliphatic carbocycles. The van der Waals surface area contributed by atoms with Crippen molar-refractivity contribution < 1.29 is 14.3 Å². The van der Waals surface area contributed by atoms with Crippen LogP contribution in [0.15, 0.2) is 39.8 Å². The van der Waals surface area contributed by atoms with Crippen LogP contribution < -0.4 is 10.7 Å². The molecule has 1 atom stereocenters. The monoisotopic (exact) mass is 327 g/mol. The lowest BCUT2D eigenvalue weighted by Crippen LogP contribution is -2.25. The summed E-state index contributed by atoms with van der Waals surface area (Å²) in [5.74, 6) is 0.397. The Hall–Kier alpha value is -3.09. The van der Waals surface area contributed by atoms with E-state index in [2.05, 4.69) is 10.4 Å². The highest BCUT2D eigenvalue weighted by atomic mass is 16.4. The molecule has 7 heteroatoms. The molecule has 0 saturated heterocycles. The van der Waals surface area contributed by atoms with Crippen LogP contribution in [0.25, 0.3) is 22.3 Å². The van der Waals surface area contributed by atoms with E-state index in [9.17, 15) is 9.59 Å². The van der Waals surface area contributed by atoms with E-state index < -0.39 is 12.1 Å². The molecule has 3 rings (SSSR count). The van der Waals surface area contributed by atoms with Gasteiger partial charge in [-0.25, -0.2) is 4.79 Å². The maximum atomic E-state index is 12.5. The molecule has 7 nitrogen and oxygen atoms in total. The van der Waals surface area contributed by atoms with Crippen molar-refractivity contribution in [3.8, 4) is 11.3 Å². The van der Waals surface area contributed by atoms with Crippen LogP contribution in [-0.4, -0.2) is 21.0 Å². The summed E-state index contributed by atoms with van der Waals surface area (Å²) in [6.45, 7) is 3.56. The molecule has 3 aromatic rings. The number of nitrogens with one attached hydrogen (secondary N) is 1. The van der Waals surface area contributed by atoms with Gasteiger partial charge in [0.15, 0.2) is 5.43 Å². The first-order chi connectivity index (χ1) is 11.3. The third kappa shape index (κ3) is 2.88. The molecular formula is C17H17N3O4. The molecule has 124 valence electrons. The van der Waals surface area contributed by atoms with Crippen molar-refractivity contribution in [3.63, 3.8) is 0 Å². The van der Waals surface area contributed by atoms with Gasteiger partial charge in [-0.3, -0.25) is 9.48 Å². The van der Waals surface area contributed by atoms with Crippen LogP contribution in [0.5, 0.6) is 0 Å². The molecule has 1 amide bonds. The standard InChI is InChI=1S/C17H17N3O4/c1-9-4-12(10(2)19-17(22)23)16-13(5-9)14(21)6-15(24-16)11-7-18-20(3)8-11/h4-8,10,19H,1-3H3,(H,22,23)/t10-/m1/s1. The zero-order valence-corrected chi connectivity index (χ0v) is 13.5. The lowest BCUT2D eigenvalue weighted by atomic mass is 10.0. The first kappa shape index (κ1) is 15.8. The molecule has 0 unspecified atom stereocenters. The molecule has 0 bridgehead atoms. The Labute approximate surface area is 137 Å². The maximum absolute atomic E-state index is 12.5. The summed E-state index contributed by atoms with van der Waals surface area (Å²) in [6, 6.07) is 4.47. The molecule has 2 heterocycles. The van der Waals surface area contributed by atoms with E-state index in [0.717, 1.165) is 5.56 Å². The first-order valence-electron chi connectivity index (χ1n) is 7.42.